The quantitative estimate of drug-likeness (QED) is 0.812. The van der Waals surface area contributed by atoms with Crippen LogP contribution in [0.1, 0.15) is 51.8 Å². The molecule has 0 radical (unpaired) electrons. The third-order valence-electron chi connectivity index (χ3n) is 4.31. The first-order valence-corrected chi connectivity index (χ1v) is 8.49. The van der Waals surface area contributed by atoms with Crippen LogP contribution in [0, 0.1) is 12.7 Å². The zero-order valence-corrected chi connectivity index (χ0v) is 13.2. The predicted octanol–water partition coefficient (Wildman–Crippen LogP) is 4.74. The Hall–Kier alpha value is -1.19. The Morgan fingerprint density at radius 2 is 2.00 bits per heavy atom. The highest BCUT2D eigenvalue weighted by Gasteiger charge is 2.18. The molecule has 1 atom stereocenters. The molecule has 1 N–H and O–H groups in total. The molecule has 3 heteroatoms. The molecule has 1 nitrogen and oxygen atoms in total. The summed E-state index contributed by atoms with van der Waals surface area (Å²) in [7, 11) is 0. The molecule has 21 heavy (non-hydrogen) atoms. The van der Waals surface area contributed by atoms with Crippen molar-refractivity contribution in [1.82, 2.24) is 0 Å². The number of benzene rings is 1. The van der Waals surface area contributed by atoms with Crippen molar-refractivity contribution in [2.75, 3.05) is 0 Å². The van der Waals surface area contributed by atoms with E-state index in [9.17, 15) is 9.50 Å². The lowest BCUT2D eigenvalue weighted by atomic mass is 10.0. The number of aliphatic hydroxyl groups is 1. The van der Waals surface area contributed by atoms with E-state index < -0.39 is 6.10 Å². The van der Waals surface area contributed by atoms with Crippen molar-refractivity contribution in [1.29, 1.82) is 0 Å². The third-order valence-corrected chi connectivity index (χ3v) is 5.65. The fourth-order valence-electron chi connectivity index (χ4n) is 3.05. The summed E-state index contributed by atoms with van der Waals surface area (Å²) in [6, 6.07) is 6.98. The van der Waals surface area contributed by atoms with Crippen molar-refractivity contribution >= 4 is 11.3 Å². The van der Waals surface area contributed by atoms with Crippen LogP contribution in [0.25, 0.3) is 0 Å². The standard InChI is InChI=1S/C18H21FOS/c1-12-9-15(19)8-7-13(12)10-16(20)18-11-14-5-3-2-4-6-17(14)21-18/h7-9,11,16,20H,2-6,10H2,1H3. The van der Waals surface area contributed by atoms with E-state index in [0.29, 0.717) is 6.42 Å². The van der Waals surface area contributed by atoms with Gasteiger partial charge in [-0.05, 0) is 67.5 Å². The van der Waals surface area contributed by atoms with E-state index in [-0.39, 0.29) is 5.82 Å². The number of aryl methyl sites for hydroxylation is 3. The number of halogens is 1. The second kappa shape index (κ2) is 6.29. The van der Waals surface area contributed by atoms with Gasteiger partial charge in [0.1, 0.15) is 5.82 Å². The maximum Gasteiger partial charge on any atom is 0.123 e. The van der Waals surface area contributed by atoms with E-state index in [2.05, 4.69) is 6.07 Å². The highest BCUT2D eigenvalue weighted by atomic mass is 32.1. The summed E-state index contributed by atoms with van der Waals surface area (Å²) in [5, 5.41) is 10.5. The van der Waals surface area contributed by atoms with Gasteiger partial charge in [0, 0.05) is 16.2 Å². The number of aliphatic hydroxyl groups excluding tert-OH is 1. The van der Waals surface area contributed by atoms with E-state index >= 15 is 0 Å². The summed E-state index contributed by atoms with van der Waals surface area (Å²) in [6.45, 7) is 1.90. The number of thiophene rings is 1. The van der Waals surface area contributed by atoms with Crippen LogP contribution in [-0.2, 0) is 19.3 Å². The fraction of sp³-hybridized carbons (Fsp3) is 0.444. The normalized spacial score (nSPS) is 16.3. The van der Waals surface area contributed by atoms with Gasteiger partial charge in [0.25, 0.3) is 0 Å². The summed E-state index contributed by atoms with van der Waals surface area (Å²) >= 11 is 1.76. The fourth-order valence-corrected chi connectivity index (χ4v) is 4.30. The number of hydrogen-bond acceptors (Lipinski definition) is 2. The van der Waals surface area contributed by atoms with Crippen LogP contribution < -0.4 is 0 Å². The first kappa shape index (κ1) is 14.7. The Labute approximate surface area is 129 Å². The van der Waals surface area contributed by atoms with Gasteiger partial charge in [0.15, 0.2) is 0 Å². The third kappa shape index (κ3) is 3.35. The monoisotopic (exact) mass is 304 g/mol. The smallest absolute Gasteiger partial charge is 0.123 e. The molecule has 0 aliphatic heterocycles. The number of fused-ring (bicyclic) bond motifs is 1. The Morgan fingerprint density at radius 3 is 2.81 bits per heavy atom. The zero-order chi connectivity index (χ0) is 14.8. The molecular weight excluding hydrogens is 283 g/mol. The van der Waals surface area contributed by atoms with Crippen LogP contribution in [0.4, 0.5) is 4.39 Å². The molecule has 1 aromatic carbocycles. The first-order valence-electron chi connectivity index (χ1n) is 7.68. The van der Waals surface area contributed by atoms with Crippen molar-refractivity contribution < 1.29 is 9.50 Å². The summed E-state index contributed by atoms with van der Waals surface area (Å²) in [4.78, 5) is 2.52. The maximum absolute atomic E-state index is 13.1. The van der Waals surface area contributed by atoms with Gasteiger partial charge in [0.2, 0.25) is 0 Å². The van der Waals surface area contributed by atoms with Gasteiger partial charge in [-0.1, -0.05) is 12.5 Å². The lowest BCUT2D eigenvalue weighted by molar-refractivity contribution is 0.182. The molecule has 1 heterocycles. The Bertz CT molecular complexity index is 609. The molecule has 0 spiro atoms. The Morgan fingerprint density at radius 1 is 1.19 bits per heavy atom. The topological polar surface area (TPSA) is 20.2 Å². The van der Waals surface area contributed by atoms with Crippen molar-refractivity contribution in [2.45, 2.75) is 51.6 Å². The van der Waals surface area contributed by atoms with Gasteiger partial charge < -0.3 is 5.11 Å². The lowest BCUT2D eigenvalue weighted by Crippen LogP contribution is -2.01. The summed E-state index contributed by atoms with van der Waals surface area (Å²) in [5.41, 5.74) is 3.36. The van der Waals surface area contributed by atoms with Crippen molar-refractivity contribution in [3.63, 3.8) is 0 Å². The average Bonchev–Trinajstić information content (AvgIpc) is 2.73. The van der Waals surface area contributed by atoms with Crippen LogP contribution in [0.2, 0.25) is 0 Å². The largest absolute Gasteiger partial charge is 0.387 e. The molecule has 112 valence electrons. The summed E-state index contributed by atoms with van der Waals surface area (Å²) < 4.78 is 13.1. The van der Waals surface area contributed by atoms with Crippen LogP contribution in [-0.4, -0.2) is 5.11 Å². The van der Waals surface area contributed by atoms with Crippen molar-refractivity contribution in [3.8, 4) is 0 Å². The molecule has 3 rings (SSSR count). The average molecular weight is 304 g/mol. The van der Waals surface area contributed by atoms with Gasteiger partial charge in [-0.15, -0.1) is 11.3 Å². The number of rotatable bonds is 3. The van der Waals surface area contributed by atoms with Gasteiger partial charge in [-0.3, -0.25) is 0 Å². The minimum Gasteiger partial charge on any atom is -0.387 e. The molecule has 1 unspecified atom stereocenters. The highest BCUT2D eigenvalue weighted by molar-refractivity contribution is 7.12. The van der Waals surface area contributed by atoms with Crippen LogP contribution in [0.15, 0.2) is 24.3 Å². The van der Waals surface area contributed by atoms with E-state index in [1.54, 1.807) is 17.4 Å². The van der Waals surface area contributed by atoms with Crippen molar-refractivity contribution in [2.24, 2.45) is 0 Å². The molecule has 0 saturated carbocycles. The molecular formula is C18H21FOS. The maximum atomic E-state index is 13.1. The van der Waals surface area contributed by atoms with Gasteiger partial charge in [-0.2, -0.15) is 0 Å². The Kier molecular flexibility index (Phi) is 4.41. The van der Waals surface area contributed by atoms with Crippen LogP contribution in [0.5, 0.6) is 0 Å². The van der Waals surface area contributed by atoms with E-state index in [4.69, 9.17) is 0 Å². The van der Waals surface area contributed by atoms with E-state index in [1.165, 1.54) is 41.8 Å². The second-order valence-corrected chi connectivity index (χ2v) is 7.12. The van der Waals surface area contributed by atoms with Crippen LogP contribution in [0.3, 0.4) is 0 Å². The molecule has 0 amide bonds. The first-order chi connectivity index (χ1) is 10.1. The molecule has 0 fully saturated rings. The van der Waals surface area contributed by atoms with E-state index in [1.807, 2.05) is 6.92 Å². The van der Waals surface area contributed by atoms with Gasteiger partial charge in [-0.25, -0.2) is 4.39 Å². The second-order valence-electron chi connectivity index (χ2n) is 5.95. The zero-order valence-electron chi connectivity index (χ0n) is 12.4. The van der Waals surface area contributed by atoms with Crippen molar-refractivity contribution in [3.05, 3.63) is 56.5 Å². The van der Waals surface area contributed by atoms with Gasteiger partial charge >= 0.3 is 0 Å². The molecule has 1 aliphatic rings. The molecule has 1 aliphatic carbocycles. The molecule has 1 aromatic heterocycles. The minimum absolute atomic E-state index is 0.214. The molecule has 0 saturated heterocycles. The summed E-state index contributed by atoms with van der Waals surface area (Å²) in [6.07, 6.45) is 6.22. The molecule has 2 aromatic rings. The van der Waals surface area contributed by atoms with Gasteiger partial charge in [0.05, 0.1) is 6.10 Å². The SMILES string of the molecule is Cc1cc(F)ccc1CC(O)c1cc2c(s1)CCCCC2. The lowest BCUT2D eigenvalue weighted by Gasteiger charge is -2.11. The van der Waals surface area contributed by atoms with E-state index in [0.717, 1.165) is 28.8 Å². The minimum atomic E-state index is -0.480. The Balaban J connectivity index is 1.77. The number of hydrogen-bond donors (Lipinski definition) is 1. The molecule has 0 bridgehead atoms. The van der Waals surface area contributed by atoms with Crippen LogP contribution >= 0.6 is 11.3 Å². The highest BCUT2D eigenvalue weighted by Crippen LogP contribution is 2.33. The predicted molar refractivity (Wildman–Crippen MR) is 85.4 cm³/mol. The summed E-state index contributed by atoms with van der Waals surface area (Å²) in [5.74, 6) is -0.214.